The molecule has 1 heterocycles. The van der Waals surface area contributed by atoms with Gasteiger partial charge in [-0.2, -0.15) is 8.42 Å². The fraction of sp³-hybridized carbons (Fsp3) is 0.500. The van der Waals surface area contributed by atoms with Gasteiger partial charge in [0.2, 0.25) is 4.80 Å². The van der Waals surface area contributed by atoms with E-state index in [9.17, 15) is 8.42 Å². The number of sulfonamides is 1. The van der Waals surface area contributed by atoms with Gasteiger partial charge in [-0.25, -0.2) is 0 Å². The molecule has 2 aromatic rings. The minimum absolute atomic E-state index is 0.0620. The summed E-state index contributed by atoms with van der Waals surface area (Å²) in [5.41, 5.74) is 1.01. The molecule has 1 aromatic heterocycles. The average Bonchev–Trinajstić information content (AvgIpc) is 3.28. The Morgan fingerprint density at radius 3 is 2.50 bits per heavy atom. The minimum Gasteiger partial charge on any atom is -0.320 e. The lowest BCUT2D eigenvalue weighted by atomic mass is 9.93. The number of thiazole rings is 1. The molecule has 0 bridgehead atoms. The fourth-order valence-corrected chi connectivity index (χ4v) is 6.00. The largest absolute Gasteiger partial charge is 0.320 e. The molecule has 0 spiro atoms. The SMILES string of the molecule is Cc1c(C(C)(C)C)s/c(=N\S(=O)(=O)c2cc(Cl)ccc2Cl)n1CC1CC1. The lowest BCUT2D eigenvalue weighted by Crippen LogP contribution is -2.20. The molecule has 3 rings (SSSR count). The number of aromatic nitrogens is 1. The van der Waals surface area contributed by atoms with Crippen LogP contribution in [0.5, 0.6) is 0 Å². The molecule has 26 heavy (non-hydrogen) atoms. The second kappa shape index (κ2) is 6.97. The maximum absolute atomic E-state index is 12.9. The van der Waals surface area contributed by atoms with Crippen LogP contribution in [0.4, 0.5) is 0 Å². The third-order valence-electron chi connectivity index (χ3n) is 4.35. The molecule has 1 aliphatic rings. The number of hydrogen-bond acceptors (Lipinski definition) is 3. The molecule has 1 saturated carbocycles. The van der Waals surface area contributed by atoms with Crippen LogP contribution in [0.25, 0.3) is 0 Å². The fourth-order valence-electron chi connectivity index (χ4n) is 2.85. The van der Waals surface area contributed by atoms with Crippen LogP contribution in [0.2, 0.25) is 10.0 Å². The van der Waals surface area contributed by atoms with E-state index in [1.807, 2.05) is 11.5 Å². The van der Waals surface area contributed by atoms with Crippen LogP contribution in [0.15, 0.2) is 27.5 Å². The van der Waals surface area contributed by atoms with E-state index < -0.39 is 10.0 Å². The highest BCUT2D eigenvalue weighted by Gasteiger charge is 2.28. The van der Waals surface area contributed by atoms with E-state index in [2.05, 4.69) is 25.2 Å². The van der Waals surface area contributed by atoms with Gasteiger partial charge in [-0.05, 0) is 49.3 Å². The summed E-state index contributed by atoms with van der Waals surface area (Å²) >= 11 is 13.5. The summed E-state index contributed by atoms with van der Waals surface area (Å²) in [5.74, 6) is 0.604. The highest BCUT2D eigenvalue weighted by molar-refractivity contribution is 7.90. The van der Waals surface area contributed by atoms with Crippen LogP contribution < -0.4 is 4.80 Å². The second-order valence-electron chi connectivity index (χ2n) is 7.74. The summed E-state index contributed by atoms with van der Waals surface area (Å²) in [6, 6.07) is 4.38. The predicted octanol–water partition coefficient (Wildman–Crippen LogP) is 5.16. The van der Waals surface area contributed by atoms with Gasteiger partial charge in [0.15, 0.2) is 0 Å². The normalized spacial score (nSPS) is 16.3. The van der Waals surface area contributed by atoms with Crippen LogP contribution in [0.3, 0.4) is 0 Å². The highest BCUT2D eigenvalue weighted by Crippen LogP contribution is 2.34. The Morgan fingerprint density at radius 2 is 1.92 bits per heavy atom. The third-order valence-corrected chi connectivity index (χ3v) is 8.05. The lowest BCUT2D eigenvalue weighted by Gasteiger charge is -2.17. The maximum atomic E-state index is 12.9. The van der Waals surface area contributed by atoms with Crippen molar-refractivity contribution >= 4 is 44.6 Å². The molecule has 0 aliphatic heterocycles. The molecular weight excluding hydrogens is 411 g/mol. The number of halogens is 2. The van der Waals surface area contributed by atoms with Crippen molar-refractivity contribution in [2.45, 2.75) is 57.4 Å². The minimum atomic E-state index is -3.96. The van der Waals surface area contributed by atoms with Crippen molar-refractivity contribution in [2.75, 3.05) is 0 Å². The summed E-state index contributed by atoms with van der Waals surface area (Å²) in [5, 5.41) is 0.433. The zero-order valence-corrected chi connectivity index (χ0v) is 18.4. The molecule has 1 fully saturated rings. The van der Waals surface area contributed by atoms with Crippen LogP contribution in [0, 0.1) is 12.8 Å². The molecule has 8 heteroatoms. The first-order valence-corrected chi connectivity index (χ1v) is 11.5. The summed E-state index contributed by atoms with van der Waals surface area (Å²) in [6.07, 6.45) is 2.36. The van der Waals surface area contributed by atoms with E-state index in [0.29, 0.717) is 15.7 Å². The molecule has 4 nitrogen and oxygen atoms in total. The molecule has 0 N–H and O–H groups in total. The van der Waals surface area contributed by atoms with E-state index in [-0.39, 0.29) is 15.3 Å². The predicted molar refractivity (Wildman–Crippen MR) is 108 cm³/mol. The molecule has 1 aromatic carbocycles. The molecule has 142 valence electrons. The Bertz CT molecular complexity index is 1010. The van der Waals surface area contributed by atoms with Gasteiger partial charge >= 0.3 is 0 Å². The quantitative estimate of drug-likeness (QED) is 0.669. The Morgan fingerprint density at radius 1 is 1.27 bits per heavy atom. The van der Waals surface area contributed by atoms with Crippen LogP contribution in [-0.4, -0.2) is 13.0 Å². The van der Waals surface area contributed by atoms with Gasteiger partial charge in [-0.3, -0.25) is 0 Å². The summed E-state index contributed by atoms with van der Waals surface area (Å²) in [7, 11) is -3.96. The standard InChI is InChI=1S/C18H22Cl2N2O2S2/c1-11-16(18(2,3)4)25-17(22(11)10-12-5-6-12)21-26(23,24)15-9-13(19)7-8-14(15)20/h7-9,12H,5-6,10H2,1-4H3/b21-17-. The first-order valence-electron chi connectivity index (χ1n) is 8.46. The topological polar surface area (TPSA) is 51.4 Å². The summed E-state index contributed by atoms with van der Waals surface area (Å²) in [6.45, 7) is 9.21. The monoisotopic (exact) mass is 432 g/mol. The van der Waals surface area contributed by atoms with Crippen LogP contribution >= 0.6 is 34.5 Å². The van der Waals surface area contributed by atoms with Crippen molar-refractivity contribution in [3.05, 3.63) is 43.6 Å². The van der Waals surface area contributed by atoms with E-state index in [0.717, 1.165) is 17.1 Å². The van der Waals surface area contributed by atoms with Crippen LogP contribution in [0.1, 0.15) is 44.2 Å². The molecule has 0 saturated heterocycles. The van der Waals surface area contributed by atoms with E-state index >= 15 is 0 Å². The van der Waals surface area contributed by atoms with E-state index in [1.165, 1.54) is 36.3 Å². The first kappa shape index (κ1) is 19.9. The second-order valence-corrected chi connectivity index (χ2v) is 11.1. The Hall–Kier alpha value is -0.820. The molecular formula is C18H22Cl2N2O2S2. The molecule has 0 radical (unpaired) electrons. The van der Waals surface area contributed by atoms with Crippen molar-refractivity contribution in [2.24, 2.45) is 10.3 Å². The van der Waals surface area contributed by atoms with Crippen molar-refractivity contribution in [1.82, 2.24) is 4.57 Å². The smallest absolute Gasteiger partial charge is 0.286 e. The van der Waals surface area contributed by atoms with Crippen molar-refractivity contribution < 1.29 is 8.42 Å². The van der Waals surface area contributed by atoms with Crippen molar-refractivity contribution in [3.8, 4) is 0 Å². The van der Waals surface area contributed by atoms with Gasteiger partial charge in [0.1, 0.15) is 4.90 Å². The summed E-state index contributed by atoms with van der Waals surface area (Å²) < 4.78 is 32.0. The Labute approximate surface area is 168 Å². The average molecular weight is 433 g/mol. The number of hydrogen-bond donors (Lipinski definition) is 0. The zero-order chi connectivity index (χ0) is 19.3. The van der Waals surface area contributed by atoms with Crippen molar-refractivity contribution in [1.29, 1.82) is 0 Å². The van der Waals surface area contributed by atoms with Gasteiger partial charge in [0, 0.05) is 22.1 Å². The number of nitrogens with zero attached hydrogens (tertiary/aromatic N) is 2. The van der Waals surface area contributed by atoms with Gasteiger partial charge < -0.3 is 4.57 Å². The highest BCUT2D eigenvalue weighted by atomic mass is 35.5. The van der Waals surface area contributed by atoms with E-state index in [4.69, 9.17) is 23.2 Å². The Kier molecular flexibility index (Phi) is 5.34. The molecule has 0 amide bonds. The van der Waals surface area contributed by atoms with Crippen LogP contribution in [-0.2, 0) is 22.0 Å². The molecule has 0 atom stereocenters. The van der Waals surface area contributed by atoms with Gasteiger partial charge in [-0.15, -0.1) is 15.7 Å². The lowest BCUT2D eigenvalue weighted by molar-refractivity contribution is 0.562. The number of rotatable bonds is 4. The zero-order valence-electron chi connectivity index (χ0n) is 15.2. The first-order chi connectivity index (χ1) is 12.0. The van der Waals surface area contributed by atoms with Gasteiger partial charge in [0.05, 0.1) is 5.02 Å². The molecule has 0 unspecified atom stereocenters. The van der Waals surface area contributed by atoms with Crippen molar-refractivity contribution in [3.63, 3.8) is 0 Å². The summed E-state index contributed by atoms with van der Waals surface area (Å²) in [4.78, 5) is 1.58. The Balaban J connectivity index is 2.19. The molecule has 1 aliphatic carbocycles. The van der Waals surface area contributed by atoms with Gasteiger partial charge in [0.25, 0.3) is 10.0 Å². The third kappa shape index (κ3) is 4.19. The number of benzene rings is 1. The van der Waals surface area contributed by atoms with Gasteiger partial charge in [-0.1, -0.05) is 44.0 Å². The van der Waals surface area contributed by atoms with E-state index in [1.54, 1.807) is 6.07 Å². The maximum Gasteiger partial charge on any atom is 0.286 e.